The van der Waals surface area contributed by atoms with Crippen molar-refractivity contribution in [2.75, 3.05) is 7.11 Å². The summed E-state index contributed by atoms with van der Waals surface area (Å²) in [6, 6.07) is 4.64. The number of hydrogen-bond acceptors (Lipinski definition) is 3. The molecule has 5 heteroatoms. The molecule has 0 amide bonds. The number of halogens is 2. The summed E-state index contributed by atoms with van der Waals surface area (Å²) in [6.07, 6.45) is 0. The Hall–Kier alpha value is -1.31. The highest BCUT2D eigenvalue weighted by molar-refractivity contribution is 5.85. The third-order valence-electron chi connectivity index (χ3n) is 1.74. The summed E-state index contributed by atoms with van der Waals surface area (Å²) >= 11 is 0. The van der Waals surface area contributed by atoms with Gasteiger partial charge in [-0.1, -0.05) is 0 Å². The molecule has 0 saturated heterocycles. The molecule has 1 rings (SSSR count). The van der Waals surface area contributed by atoms with E-state index in [-0.39, 0.29) is 30.1 Å². The average molecular weight is 217 g/mol. The van der Waals surface area contributed by atoms with Gasteiger partial charge in [-0.3, -0.25) is 0 Å². The largest absolute Gasteiger partial charge is 0.496 e. The summed E-state index contributed by atoms with van der Waals surface area (Å²) in [5.41, 5.74) is 5.55. The Kier molecular flexibility index (Phi) is 4.92. The second-order valence-electron chi connectivity index (χ2n) is 2.42. The Morgan fingerprint density at radius 1 is 1.57 bits per heavy atom. The van der Waals surface area contributed by atoms with E-state index in [4.69, 9.17) is 15.7 Å². The monoisotopic (exact) mass is 216 g/mol. The van der Waals surface area contributed by atoms with Crippen molar-refractivity contribution in [3.05, 3.63) is 29.1 Å². The summed E-state index contributed by atoms with van der Waals surface area (Å²) in [6.45, 7) is 0.0184. The molecular formula is C9H10ClFN2O. The second-order valence-corrected chi connectivity index (χ2v) is 2.42. The van der Waals surface area contributed by atoms with Crippen molar-refractivity contribution in [3.8, 4) is 11.8 Å². The highest BCUT2D eigenvalue weighted by Gasteiger charge is 2.11. The van der Waals surface area contributed by atoms with Crippen molar-refractivity contribution < 1.29 is 9.13 Å². The van der Waals surface area contributed by atoms with Crippen molar-refractivity contribution in [2.24, 2.45) is 5.73 Å². The van der Waals surface area contributed by atoms with Gasteiger partial charge in [0, 0.05) is 12.1 Å². The highest BCUT2D eigenvalue weighted by Crippen LogP contribution is 2.23. The normalized spacial score (nSPS) is 8.71. The van der Waals surface area contributed by atoms with Gasteiger partial charge < -0.3 is 10.5 Å². The van der Waals surface area contributed by atoms with E-state index in [1.807, 2.05) is 0 Å². The fourth-order valence-electron chi connectivity index (χ4n) is 1.07. The molecule has 76 valence electrons. The molecule has 0 aliphatic carbocycles. The SMILES string of the molecule is COc1ccc(C#N)c(F)c1CN.Cl. The smallest absolute Gasteiger partial charge is 0.149 e. The minimum Gasteiger partial charge on any atom is -0.496 e. The molecule has 14 heavy (non-hydrogen) atoms. The number of ether oxygens (including phenoxy) is 1. The number of benzene rings is 1. The zero-order valence-electron chi connectivity index (χ0n) is 7.58. The van der Waals surface area contributed by atoms with Gasteiger partial charge >= 0.3 is 0 Å². The van der Waals surface area contributed by atoms with Crippen LogP contribution in [0.25, 0.3) is 0 Å². The van der Waals surface area contributed by atoms with E-state index in [2.05, 4.69) is 0 Å². The molecule has 0 atom stereocenters. The van der Waals surface area contributed by atoms with E-state index < -0.39 is 5.82 Å². The van der Waals surface area contributed by atoms with Gasteiger partial charge in [-0.05, 0) is 12.1 Å². The van der Waals surface area contributed by atoms with Gasteiger partial charge in [-0.15, -0.1) is 12.4 Å². The van der Waals surface area contributed by atoms with Crippen LogP contribution in [0.2, 0.25) is 0 Å². The molecule has 1 aromatic carbocycles. The summed E-state index contributed by atoms with van der Waals surface area (Å²) in [5.74, 6) is -0.219. The van der Waals surface area contributed by atoms with Crippen LogP contribution in [-0.2, 0) is 6.54 Å². The van der Waals surface area contributed by atoms with E-state index in [1.54, 1.807) is 6.07 Å². The lowest BCUT2D eigenvalue weighted by Gasteiger charge is -2.07. The predicted molar refractivity (Wildman–Crippen MR) is 52.8 cm³/mol. The first-order valence-electron chi connectivity index (χ1n) is 3.70. The van der Waals surface area contributed by atoms with Gasteiger partial charge in [-0.25, -0.2) is 4.39 Å². The Morgan fingerprint density at radius 3 is 2.64 bits per heavy atom. The summed E-state index contributed by atoms with van der Waals surface area (Å²) in [7, 11) is 1.43. The van der Waals surface area contributed by atoms with Crippen molar-refractivity contribution in [3.63, 3.8) is 0 Å². The first kappa shape index (κ1) is 12.7. The number of nitrogens with two attached hydrogens (primary N) is 1. The van der Waals surface area contributed by atoms with Crippen LogP contribution in [0.5, 0.6) is 5.75 Å². The van der Waals surface area contributed by atoms with E-state index >= 15 is 0 Å². The molecule has 0 saturated carbocycles. The van der Waals surface area contributed by atoms with Gasteiger partial charge in [0.05, 0.1) is 12.7 Å². The van der Waals surface area contributed by atoms with Crippen LogP contribution in [-0.4, -0.2) is 7.11 Å². The molecule has 0 spiro atoms. The minimum absolute atomic E-state index is 0. The number of rotatable bonds is 2. The molecule has 0 bridgehead atoms. The van der Waals surface area contributed by atoms with Crippen LogP contribution in [0.4, 0.5) is 4.39 Å². The molecule has 0 radical (unpaired) electrons. The molecular weight excluding hydrogens is 207 g/mol. The maximum absolute atomic E-state index is 13.3. The van der Waals surface area contributed by atoms with Crippen LogP contribution < -0.4 is 10.5 Å². The quantitative estimate of drug-likeness (QED) is 0.817. The third kappa shape index (κ3) is 2.13. The fraction of sp³-hybridized carbons (Fsp3) is 0.222. The lowest BCUT2D eigenvalue weighted by molar-refractivity contribution is 0.404. The van der Waals surface area contributed by atoms with Crippen LogP contribution in [0.15, 0.2) is 12.1 Å². The second kappa shape index (κ2) is 5.43. The van der Waals surface area contributed by atoms with Crippen LogP contribution >= 0.6 is 12.4 Å². The molecule has 0 unspecified atom stereocenters. The van der Waals surface area contributed by atoms with Gasteiger partial charge in [0.15, 0.2) is 0 Å². The Balaban J connectivity index is 0.00000169. The van der Waals surface area contributed by atoms with Crippen LogP contribution in [0.1, 0.15) is 11.1 Å². The van der Waals surface area contributed by atoms with Crippen LogP contribution in [0.3, 0.4) is 0 Å². The van der Waals surface area contributed by atoms with Crippen molar-refractivity contribution in [1.82, 2.24) is 0 Å². The maximum Gasteiger partial charge on any atom is 0.149 e. The van der Waals surface area contributed by atoms with Crippen LogP contribution in [0, 0.1) is 17.1 Å². The number of methoxy groups -OCH3 is 1. The molecule has 0 aliphatic rings. The maximum atomic E-state index is 13.3. The zero-order chi connectivity index (χ0) is 9.84. The van der Waals surface area contributed by atoms with Crippen molar-refractivity contribution in [1.29, 1.82) is 5.26 Å². The lowest BCUT2D eigenvalue weighted by Crippen LogP contribution is -2.04. The minimum atomic E-state index is -0.593. The summed E-state index contributed by atoms with van der Waals surface area (Å²) < 4.78 is 18.2. The van der Waals surface area contributed by atoms with E-state index in [1.165, 1.54) is 19.2 Å². The number of nitriles is 1. The lowest BCUT2D eigenvalue weighted by atomic mass is 10.1. The van der Waals surface area contributed by atoms with E-state index in [0.29, 0.717) is 5.75 Å². The van der Waals surface area contributed by atoms with Gasteiger partial charge in [0.25, 0.3) is 0 Å². The molecule has 2 N–H and O–H groups in total. The molecule has 0 aliphatic heterocycles. The van der Waals surface area contributed by atoms with Gasteiger partial charge in [-0.2, -0.15) is 5.26 Å². The van der Waals surface area contributed by atoms with E-state index in [0.717, 1.165) is 0 Å². The fourth-order valence-corrected chi connectivity index (χ4v) is 1.07. The predicted octanol–water partition coefficient (Wildman–Crippen LogP) is 1.59. The topological polar surface area (TPSA) is 59.0 Å². The molecule has 0 aromatic heterocycles. The standard InChI is InChI=1S/C9H9FN2O.ClH/c1-13-8-3-2-6(4-11)9(10)7(8)5-12;/h2-3H,5,12H2,1H3;1H. The molecule has 1 aromatic rings. The number of nitrogens with zero attached hydrogens (tertiary/aromatic N) is 1. The molecule has 0 fully saturated rings. The summed E-state index contributed by atoms with van der Waals surface area (Å²) in [4.78, 5) is 0. The number of hydrogen-bond donors (Lipinski definition) is 1. The molecule has 0 heterocycles. The van der Waals surface area contributed by atoms with Crippen molar-refractivity contribution in [2.45, 2.75) is 6.54 Å². The third-order valence-corrected chi connectivity index (χ3v) is 1.74. The average Bonchev–Trinajstić information content (AvgIpc) is 2.17. The molecule has 3 nitrogen and oxygen atoms in total. The Morgan fingerprint density at radius 2 is 2.21 bits per heavy atom. The Labute approximate surface area is 87.7 Å². The van der Waals surface area contributed by atoms with Gasteiger partial charge in [0.1, 0.15) is 17.6 Å². The van der Waals surface area contributed by atoms with Crippen molar-refractivity contribution >= 4 is 12.4 Å². The first-order valence-corrected chi connectivity index (χ1v) is 3.70. The van der Waals surface area contributed by atoms with E-state index in [9.17, 15) is 4.39 Å². The first-order chi connectivity index (χ1) is 6.24. The zero-order valence-corrected chi connectivity index (χ0v) is 8.40. The summed E-state index contributed by atoms with van der Waals surface area (Å²) in [5, 5.41) is 8.53. The van der Waals surface area contributed by atoms with Gasteiger partial charge in [0.2, 0.25) is 0 Å². The Bertz CT molecular complexity index is 363. The highest BCUT2D eigenvalue weighted by atomic mass is 35.5.